The number of carbonyl (C=O) groups is 1. The van der Waals surface area contributed by atoms with E-state index < -0.39 is 19.3 Å². The Kier molecular flexibility index (Phi) is 3.44. The van der Waals surface area contributed by atoms with Gasteiger partial charge in [0.2, 0.25) is 0 Å². The summed E-state index contributed by atoms with van der Waals surface area (Å²) in [5.41, 5.74) is 6.22. The van der Waals surface area contributed by atoms with Crippen molar-refractivity contribution < 1.29 is 13.2 Å². The van der Waals surface area contributed by atoms with E-state index in [-0.39, 0.29) is 5.56 Å². The van der Waals surface area contributed by atoms with Crippen molar-refractivity contribution in [2.75, 3.05) is 12.0 Å². The summed E-state index contributed by atoms with van der Waals surface area (Å²) < 4.78 is 21.3. The Hall–Kier alpha value is -0.880. The lowest BCUT2D eigenvalue weighted by molar-refractivity contribution is 0.0983. The summed E-state index contributed by atoms with van der Waals surface area (Å²) in [6.45, 7) is 1.31. The Morgan fingerprint density at radius 2 is 2.00 bits per heavy atom. The molecule has 88 valence electrons. The van der Waals surface area contributed by atoms with Gasteiger partial charge in [-0.25, -0.2) is 8.42 Å². The van der Waals surface area contributed by atoms with Gasteiger partial charge in [0.25, 0.3) is 0 Å². The number of rotatable bonds is 3. The molecular weight excluding hydrogens is 294 g/mol. The Morgan fingerprint density at radius 3 is 2.44 bits per heavy atom. The number of halogens is 1. The molecule has 0 heterocycles. The normalized spacial score (nSPS) is 15.4. The fraction of sp³-hybridized carbons (Fsp3) is 0.300. The SMILES string of the molecule is C[C@@](Br)(C(=O)c1cccc(N)c1)S(C)(=O)=O. The molecular formula is C10H12BrNO3S. The highest BCUT2D eigenvalue weighted by atomic mass is 79.9. The number of nitrogen functional groups attached to an aromatic ring is 1. The summed E-state index contributed by atoms with van der Waals surface area (Å²) in [5, 5.41) is 0. The lowest BCUT2D eigenvalue weighted by Crippen LogP contribution is -2.36. The number of sulfone groups is 1. The molecule has 0 spiro atoms. The predicted molar refractivity (Wildman–Crippen MR) is 67.4 cm³/mol. The summed E-state index contributed by atoms with van der Waals surface area (Å²) in [5.74, 6) is -0.526. The number of hydrogen-bond acceptors (Lipinski definition) is 4. The fourth-order valence-electron chi connectivity index (χ4n) is 1.11. The minimum absolute atomic E-state index is 0.268. The summed E-state index contributed by atoms with van der Waals surface area (Å²) in [6.07, 6.45) is 1.01. The first-order valence-electron chi connectivity index (χ1n) is 4.45. The molecule has 4 nitrogen and oxygen atoms in total. The zero-order valence-electron chi connectivity index (χ0n) is 8.90. The second-order valence-corrected chi connectivity index (χ2v) is 8.12. The Bertz CT molecular complexity index is 523. The van der Waals surface area contributed by atoms with E-state index >= 15 is 0 Å². The molecule has 0 unspecified atom stereocenters. The Morgan fingerprint density at radius 1 is 1.44 bits per heavy atom. The van der Waals surface area contributed by atoms with Gasteiger partial charge in [0, 0.05) is 17.5 Å². The molecule has 0 aliphatic carbocycles. The molecule has 1 atom stereocenters. The van der Waals surface area contributed by atoms with Gasteiger partial charge >= 0.3 is 0 Å². The van der Waals surface area contributed by atoms with Crippen LogP contribution in [0, 0.1) is 0 Å². The standard InChI is InChI=1S/C10H12BrNO3S/c1-10(11,16(2,14)15)9(13)7-4-3-5-8(12)6-7/h3-6H,12H2,1-2H3/t10-/m0/s1. The summed E-state index contributed by atoms with van der Waals surface area (Å²) >= 11 is 2.95. The highest BCUT2D eigenvalue weighted by molar-refractivity contribution is 9.12. The van der Waals surface area contributed by atoms with Crippen molar-refractivity contribution in [3.8, 4) is 0 Å². The highest BCUT2D eigenvalue weighted by Crippen LogP contribution is 2.29. The number of alkyl halides is 1. The second kappa shape index (κ2) is 4.18. The van der Waals surface area contributed by atoms with Crippen LogP contribution in [0.25, 0.3) is 0 Å². The van der Waals surface area contributed by atoms with Crippen LogP contribution in [0.15, 0.2) is 24.3 Å². The van der Waals surface area contributed by atoms with Gasteiger partial charge in [-0.1, -0.05) is 28.1 Å². The molecule has 0 aliphatic rings. The molecule has 0 saturated heterocycles. The van der Waals surface area contributed by atoms with Crippen molar-refractivity contribution >= 4 is 37.2 Å². The van der Waals surface area contributed by atoms with Crippen LogP contribution in [0.3, 0.4) is 0 Å². The molecule has 0 amide bonds. The van der Waals surface area contributed by atoms with E-state index in [1.165, 1.54) is 19.1 Å². The van der Waals surface area contributed by atoms with Gasteiger partial charge in [-0.2, -0.15) is 0 Å². The Labute approximate surface area is 103 Å². The number of Topliss-reactive ketones (excluding diaryl/α,β-unsaturated/α-hetero) is 1. The topological polar surface area (TPSA) is 77.2 Å². The first kappa shape index (κ1) is 13.2. The third-order valence-corrected chi connectivity index (χ3v) is 5.95. The van der Waals surface area contributed by atoms with Crippen LogP contribution >= 0.6 is 15.9 Å². The van der Waals surface area contributed by atoms with Gasteiger partial charge in [-0.3, -0.25) is 4.79 Å². The van der Waals surface area contributed by atoms with Crippen LogP contribution in [-0.4, -0.2) is 24.1 Å². The molecule has 0 fully saturated rings. The van der Waals surface area contributed by atoms with Crippen LogP contribution in [0.5, 0.6) is 0 Å². The molecule has 2 N–H and O–H groups in total. The largest absolute Gasteiger partial charge is 0.399 e. The quantitative estimate of drug-likeness (QED) is 0.523. The van der Waals surface area contributed by atoms with Gasteiger partial charge in [0.1, 0.15) is 0 Å². The highest BCUT2D eigenvalue weighted by Gasteiger charge is 2.41. The number of benzene rings is 1. The van der Waals surface area contributed by atoms with Gasteiger partial charge in [-0.15, -0.1) is 0 Å². The minimum atomic E-state index is -3.54. The van der Waals surface area contributed by atoms with Crippen LogP contribution in [0.4, 0.5) is 5.69 Å². The van der Waals surface area contributed by atoms with Crippen LogP contribution in [0.2, 0.25) is 0 Å². The van der Waals surface area contributed by atoms with E-state index in [0.29, 0.717) is 5.69 Å². The molecule has 1 aromatic carbocycles. The maximum Gasteiger partial charge on any atom is 0.194 e. The van der Waals surface area contributed by atoms with E-state index in [1.807, 2.05) is 0 Å². The van der Waals surface area contributed by atoms with Crippen molar-refractivity contribution in [1.29, 1.82) is 0 Å². The molecule has 0 saturated carbocycles. The molecule has 6 heteroatoms. The molecule has 16 heavy (non-hydrogen) atoms. The smallest absolute Gasteiger partial charge is 0.194 e. The molecule has 1 aromatic rings. The maximum atomic E-state index is 12.0. The van der Waals surface area contributed by atoms with Gasteiger partial charge < -0.3 is 5.73 Å². The predicted octanol–water partition coefficient (Wildman–Crippen LogP) is 1.61. The molecule has 0 bridgehead atoms. The van der Waals surface area contributed by atoms with Crippen molar-refractivity contribution in [2.24, 2.45) is 0 Å². The monoisotopic (exact) mass is 305 g/mol. The third-order valence-electron chi connectivity index (χ3n) is 2.25. The second-order valence-electron chi connectivity index (χ2n) is 3.64. The first-order chi connectivity index (χ1) is 7.16. The number of carbonyl (C=O) groups excluding carboxylic acids is 1. The van der Waals surface area contributed by atoms with Crippen LogP contribution in [-0.2, 0) is 9.84 Å². The number of hydrogen-bond donors (Lipinski definition) is 1. The van der Waals surface area contributed by atoms with Gasteiger partial charge in [-0.05, 0) is 19.1 Å². The lowest BCUT2D eigenvalue weighted by Gasteiger charge is -2.18. The van der Waals surface area contributed by atoms with Crippen LogP contribution in [0.1, 0.15) is 17.3 Å². The van der Waals surface area contributed by atoms with E-state index in [1.54, 1.807) is 12.1 Å². The van der Waals surface area contributed by atoms with Gasteiger partial charge in [0.05, 0.1) is 0 Å². The number of ketones is 1. The number of anilines is 1. The molecule has 1 rings (SSSR count). The van der Waals surface area contributed by atoms with Gasteiger partial charge in [0.15, 0.2) is 19.3 Å². The fourth-order valence-corrected chi connectivity index (χ4v) is 1.79. The summed E-state index contributed by atoms with van der Waals surface area (Å²) in [6, 6.07) is 6.22. The van der Waals surface area contributed by atoms with Crippen molar-refractivity contribution in [3.05, 3.63) is 29.8 Å². The lowest BCUT2D eigenvalue weighted by atomic mass is 10.1. The maximum absolute atomic E-state index is 12.0. The zero-order valence-corrected chi connectivity index (χ0v) is 11.3. The summed E-state index contributed by atoms with van der Waals surface area (Å²) in [4.78, 5) is 12.0. The van der Waals surface area contributed by atoms with Crippen molar-refractivity contribution in [3.63, 3.8) is 0 Å². The average molecular weight is 306 g/mol. The van der Waals surface area contributed by atoms with Crippen LogP contribution < -0.4 is 5.73 Å². The zero-order chi connectivity index (χ0) is 12.6. The Balaban J connectivity index is 3.23. The molecule has 0 aliphatic heterocycles. The molecule has 0 aromatic heterocycles. The minimum Gasteiger partial charge on any atom is -0.399 e. The average Bonchev–Trinajstić information content (AvgIpc) is 2.14. The van der Waals surface area contributed by atoms with Crippen molar-refractivity contribution in [2.45, 2.75) is 10.6 Å². The third kappa shape index (κ3) is 2.44. The van der Waals surface area contributed by atoms with Crippen molar-refractivity contribution in [1.82, 2.24) is 0 Å². The van der Waals surface area contributed by atoms with E-state index in [4.69, 9.17) is 5.73 Å². The molecule has 0 radical (unpaired) electrons. The summed E-state index contributed by atoms with van der Waals surface area (Å²) in [7, 11) is -3.54. The number of nitrogens with two attached hydrogens (primary N) is 1. The first-order valence-corrected chi connectivity index (χ1v) is 7.13. The van der Waals surface area contributed by atoms with E-state index in [2.05, 4.69) is 15.9 Å². The van der Waals surface area contributed by atoms with E-state index in [9.17, 15) is 13.2 Å². The van der Waals surface area contributed by atoms with E-state index in [0.717, 1.165) is 6.26 Å².